The first-order valence-electron chi connectivity index (χ1n) is 8.79. The molecule has 3 rings (SSSR count). The van der Waals surface area contributed by atoms with Gasteiger partial charge in [-0.2, -0.15) is 0 Å². The second-order valence-corrected chi connectivity index (χ2v) is 7.15. The number of carbonyl (C=O) groups is 1. The van der Waals surface area contributed by atoms with Crippen LogP contribution in [-0.2, 0) is 0 Å². The third-order valence-corrected chi connectivity index (χ3v) is 5.27. The molecule has 0 saturated carbocycles. The Bertz CT molecular complexity index is 1050. The van der Waals surface area contributed by atoms with E-state index in [9.17, 15) is 14.3 Å². The van der Waals surface area contributed by atoms with E-state index in [0.717, 1.165) is 27.8 Å². The fraction of sp³-hybridized carbons (Fsp3) is 0.250. The first-order valence-corrected chi connectivity index (χ1v) is 9.60. The van der Waals surface area contributed by atoms with Gasteiger partial charge in [0.15, 0.2) is 0 Å². The Hall–Kier alpha value is -2.84. The third-order valence-electron chi connectivity index (χ3n) is 4.20. The van der Waals surface area contributed by atoms with Crippen molar-refractivity contribution in [1.29, 1.82) is 0 Å². The van der Waals surface area contributed by atoms with Gasteiger partial charge in [0.05, 0.1) is 24.5 Å². The zero-order valence-electron chi connectivity index (χ0n) is 15.5. The van der Waals surface area contributed by atoms with Gasteiger partial charge in [0.25, 0.3) is 0 Å². The molecule has 2 aromatic heterocycles. The van der Waals surface area contributed by atoms with Crippen LogP contribution in [0.15, 0.2) is 35.3 Å². The molecule has 0 aliphatic heterocycles. The maximum absolute atomic E-state index is 13.2. The van der Waals surface area contributed by atoms with Crippen LogP contribution in [0.25, 0.3) is 21.5 Å². The van der Waals surface area contributed by atoms with E-state index in [1.165, 1.54) is 12.1 Å². The number of anilines is 1. The number of carboxylic acids is 1. The number of nitrogens with zero attached hydrogens (tertiary/aromatic N) is 2. The van der Waals surface area contributed by atoms with Gasteiger partial charge in [-0.1, -0.05) is 6.92 Å². The summed E-state index contributed by atoms with van der Waals surface area (Å²) < 4.78 is 13.2. The Morgan fingerprint density at radius 2 is 2.04 bits per heavy atom. The molecule has 0 aliphatic rings. The van der Waals surface area contributed by atoms with Crippen molar-refractivity contribution in [2.24, 2.45) is 4.99 Å². The summed E-state index contributed by atoms with van der Waals surface area (Å²) in [5.41, 5.74) is 2.72. The van der Waals surface area contributed by atoms with E-state index in [4.69, 9.17) is 5.11 Å². The molecule has 0 aliphatic carbocycles. The summed E-state index contributed by atoms with van der Waals surface area (Å²) in [6.07, 6.45) is 0.566. The highest BCUT2D eigenvalue weighted by Crippen LogP contribution is 2.38. The number of carboxylic acid groups (broad SMARTS) is 1. The van der Waals surface area contributed by atoms with Crippen molar-refractivity contribution >= 4 is 39.0 Å². The number of hydrogen-bond acceptors (Lipinski definition) is 5. The molecule has 0 fully saturated rings. The summed E-state index contributed by atoms with van der Waals surface area (Å²) in [5, 5.41) is 22.5. The minimum atomic E-state index is -1.05. The summed E-state index contributed by atoms with van der Waals surface area (Å²) in [7, 11) is 0. The lowest BCUT2D eigenvalue weighted by Gasteiger charge is -2.10. The predicted molar refractivity (Wildman–Crippen MR) is 110 cm³/mol. The largest absolute Gasteiger partial charge is 0.477 e. The first kappa shape index (κ1) is 19.9. The normalized spacial score (nSPS) is 11.8. The van der Waals surface area contributed by atoms with E-state index in [2.05, 4.69) is 15.3 Å². The highest BCUT2D eigenvalue weighted by Gasteiger charge is 2.22. The second kappa shape index (κ2) is 8.45. The predicted octanol–water partition coefficient (Wildman–Crippen LogP) is 4.32. The highest BCUT2D eigenvalue weighted by atomic mass is 32.1. The van der Waals surface area contributed by atoms with Gasteiger partial charge in [-0.05, 0) is 42.8 Å². The molecule has 3 aromatic rings. The summed E-state index contributed by atoms with van der Waals surface area (Å²) in [5.74, 6) is -0.782. The number of aliphatic imine (C=N–C) groups is 1. The summed E-state index contributed by atoms with van der Waals surface area (Å²) >= 11 is 1.08. The molecular weight excluding hydrogens is 381 g/mol. The average molecular weight is 401 g/mol. The minimum absolute atomic E-state index is 0.0804. The molecule has 0 bridgehead atoms. The van der Waals surface area contributed by atoms with Crippen LogP contribution in [-0.4, -0.2) is 40.2 Å². The van der Waals surface area contributed by atoms with E-state index in [1.807, 2.05) is 19.9 Å². The molecule has 146 valence electrons. The van der Waals surface area contributed by atoms with Gasteiger partial charge >= 0.3 is 5.97 Å². The number of aromatic carboxylic acids is 1. The maximum atomic E-state index is 13.2. The smallest absolute Gasteiger partial charge is 0.348 e. The molecule has 6 nitrogen and oxygen atoms in total. The van der Waals surface area contributed by atoms with E-state index < -0.39 is 5.97 Å². The van der Waals surface area contributed by atoms with Crippen LogP contribution in [0.2, 0.25) is 0 Å². The molecule has 0 unspecified atom stereocenters. The molecular formula is C20H20FN3O3S. The highest BCUT2D eigenvalue weighted by molar-refractivity contribution is 7.21. The Morgan fingerprint density at radius 3 is 2.64 bits per heavy atom. The van der Waals surface area contributed by atoms with Crippen LogP contribution < -0.4 is 5.32 Å². The number of amidine groups is 1. The molecule has 0 atom stereocenters. The van der Waals surface area contributed by atoms with Crippen molar-refractivity contribution in [2.75, 3.05) is 18.5 Å². The summed E-state index contributed by atoms with van der Waals surface area (Å²) in [6, 6.07) is 7.88. The van der Waals surface area contributed by atoms with E-state index >= 15 is 0 Å². The quantitative estimate of drug-likeness (QED) is 0.422. The number of aromatic nitrogens is 1. The monoisotopic (exact) mass is 401 g/mol. The van der Waals surface area contributed by atoms with Gasteiger partial charge in [0.1, 0.15) is 21.4 Å². The van der Waals surface area contributed by atoms with Crippen LogP contribution in [0.1, 0.15) is 28.6 Å². The molecule has 0 saturated heterocycles. The zero-order valence-corrected chi connectivity index (χ0v) is 16.3. The van der Waals surface area contributed by atoms with Gasteiger partial charge in [0.2, 0.25) is 0 Å². The SMILES string of the molecule is CCC(=NCCO)Nc1c(C(=O)O)sc2nc(-c3ccc(F)cc3)cc(C)c12. The Morgan fingerprint density at radius 1 is 1.32 bits per heavy atom. The van der Waals surface area contributed by atoms with Crippen molar-refractivity contribution in [1.82, 2.24) is 4.98 Å². The van der Waals surface area contributed by atoms with Crippen LogP contribution in [0.3, 0.4) is 0 Å². The number of aliphatic hydroxyl groups is 1. The number of halogens is 1. The maximum Gasteiger partial charge on any atom is 0.348 e. The van der Waals surface area contributed by atoms with Crippen molar-refractivity contribution in [3.63, 3.8) is 0 Å². The number of aryl methyl sites for hydroxylation is 1. The van der Waals surface area contributed by atoms with Gasteiger partial charge in [-0.15, -0.1) is 11.3 Å². The van der Waals surface area contributed by atoms with Crippen molar-refractivity contribution in [2.45, 2.75) is 20.3 Å². The Labute approximate surface area is 165 Å². The molecule has 3 N–H and O–H groups in total. The number of thiophene rings is 1. The number of rotatable bonds is 6. The molecule has 28 heavy (non-hydrogen) atoms. The standard InChI is InChI=1S/C20H20FN3O3S/c1-3-15(22-8-9-25)24-17-16-11(2)10-14(12-4-6-13(21)7-5-12)23-19(16)28-18(17)20(26)27/h4-7,10,25H,3,8-9H2,1-2H3,(H,22,24)(H,26,27). The van der Waals surface area contributed by atoms with E-state index in [1.54, 1.807) is 12.1 Å². The second-order valence-electron chi connectivity index (χ2n) is 6.15. The fourth-order valence-corrected chi connectivity index (χ4v) is 3.93. The van der Waals surface area contributed by atoms with E-state index in [0.29, 0.717) is 28.5 Å². The number of hydrogen-bond donors (Lipinski definition) is 3. The van der Waals surface area contributed by atoms with Gasteiger partial charge in [0, 0.05) is 17.4 Å². The van der Waals surface area contributed by atoms with Gasteiger partial charge < -0.3 is 15.5 Å². The van der Waals surface area contributed by atoms with E-state index in [-0.39, 0.29) is 23.8 Å². The molecule has 2 heterocycles. The Kier molecular flexibility index (Phi) is 6.01. The lowest BCUT2D eigenvalue weighted by Crippen LogP contribution is -2.14. The number of aliphatic hydroxyl groups excluding tert-OH is 1. The van der Waals surface area contributed by atoms with Gasteiger partial charge in [-0.3, -0.25) is 4.99 Å². The number of nitrogens with one attached hydrogen (secondary N) is 1. The molecule has 8 heteroatoms. The molecule has 1 aromatic carbocycles. The van der Waals surface area contributed by atoms with Crippen molar-refractivity contribution in [3.8, 4) is 11.3 Å². The average Bonchev–Trinajstić information content (AvgIpc) is 3.04. The third kappa shape index (κ3) is 4.02. The molecule has 0 spiro atoms. The van der Waals surface area contributed by atoms with Crippen molar-refractivity contribution < 1.29 is 19.4 Å². The Balaban J connectivity index is 2.14. The summed E-state index contributed by atoms with van der Waals surface area (Å²) in [4.78, 5) is 21.4. The van der Waals surface area contributed by atoms with Crippen LogP contribution >= 0.6 is 11.3 Å². The van der Waals surface area contributed by atoms with Crippen LogP contribution in [0.4, 0.5) is 10.1 Å². The zero-order chi connectivity index (χ0) is 20.3. The number of fused-ring (bicyclic) bond motifs is 1. The van der Waals surface area contributed by atoms with Crippen LogP contribution in [0, 0.1) is 12.7 Å². The van der Waals surface area contributed by atoms with Gasteiger partial charge in [-0.25, -0.2) is 14.2 Å². The summed E-state index contributed by atoms with van der Waals surface area (Å²) in [6.45, 7) is 3.95. The van der Waals surface area contributed by atoms with Crippen molar-refractivity contribution in [3.05, 3.63) is 46.6 Å². The molecule has 0 amide bonds. The number of pyridine rings is 1. The molecule has 0 radical (unpaired) electrons. The lowest BCUT2D eigenvalue weighted by molar-refractivity contribution is 0.0703. The lowest BCUT2D eigenvalue weighted by atomic mass is 10.1. The van der Waals surface area contributed by atoms with Crippen LogP contribution in [0.5, 0.6) is 0 Å². The minimum Gasteiger partial charge on any atom is -0.477 e. The topological polar surface area (TPSA) is 94.8 Å². The number of benzene rings is 1. The first-order chi connectivity index (χ1) is 13.4. The fourth-order valence-electron chi connectivity index (χ4n) is 2.89.